The average Bonchev–Trinajstić information content (AvgIpc) is 2.42. The Hall–Kier alpha value is -1.20. The summed E-state index contributed by atoms with van der Waals surface area (Å²) in [6.45, 7) is 12.9. The van der Waals surface area contributed by atoms with E-state index >= 15 is 0 Å². The van der Waals surface area contributed by atoms with Gasteiger partial charge in [-0.1, -0.05) is 27.7 Å². The first-order valence-electron chi connectivity index (χ1n) is 7.05. The van der Waals surface area contributed by atoms with Gasteiger partial charge in [0.15, 0.2) is 0 Å². The topological polar surface area (TPSA) is 50.3 Å². The molecule has 0 atom stereocenters. The van der Waals surface area contributed by atoms with Crippen LogP contribution >= 0.6 is 0 Å². The molecule has 1 rings (SSSR count). The number of ether oxygens (including phenoxy) is 1. The number of nitrogens with zero attached hydrogens (tertiary/aromatic N) is 3. The van der Waals surface area contributed by atoms with Gasteiger partial charge in [0.1, 0.15) is 6.61 Å². The van der Waals surface area contributed by atoms with Crippen LogP contribution in [0.4, 0.5) is 0 Å². The van der Waals surface area contributed by atoms with Crippen LogP contribution in [0.15, 0.2) is 12.4 Å². The van der Waals surface area contributed by atoms with E-state index < -0.39 is 0 Å². The van der Waals surface area contributed by atoms with Crippen molar-refractivity contribution in [3.05, 3.63) is 18.1 Å². The van der Waals surface area contributed by atoms with Crippen molar-refractivity contribution >= 4 is 0 Å². The Labute approximate surface area is 116 Å². The molecule has 108 valence electrons. The monoisotopic (exact) mass is 266 g/mol. The fourth-order valence-electron chi connectivity index (χ4n) is 1.64. The summed E-state index contributed by atoms with van der Waals surface area (Å²) in [5.41, 5.74) is 0.935. The summed E-state index contributed by atoms with van der Waals surface area (Å²) in [4.78, 5) is 10.9. The first-order valence-corrected chi connectivity index (χ1v) is 7.05. The highest BCUT2D eigenvalue weighted by atomic mass is 16.5. The molecule has 0 unspecified atom stereocenters. The number of hydrogen-bond donors (Lipinski definition) is 1. The zero-order valence-corrected chi connectivity index (χ0v) is 12.5. The lowest BCUT2D eigenvalue weighted by Gasteiger charge is -2.17. The molecule has 0 aliphatic heterocycles. The van der Waals surface area contributed by atoms with Crippen LogP contribution in [-0.2, 0) is 6.54 Å². The second kappa shape index (κ2) is 8.82. The highest BCUT2D eigenvalue weighted by Gasteiger charge is 2.02. The molecular formula is C14H26N4O. The summed E-state index contributed by atoms with van der Waals surface area (Å²) in [6, 6.07) is 0.451. The minimum atomic E-state index is 0.451. The first-order chi connectivity index (χ1) is 9.15. The van der Waals surface area contributed by atoms with Crippen LogP contribution < -0.4 is 10.1 Å². The van der Waals surface area contributed by atoms with E-state index in [1.165, 1.54) is 0 Å². The van der Waals surface area contributed by atoms with Crippen molar-refractivity contribution < 1.29 is 4.74 Å². The number of aromatic nitrogens is 2. The fourth-order valence-corrected chi connectivity index (χ4v) is 1.64. The molecular weight excluding hydrogens is 240 g/mol. The van der Waals surface area contributed by atoms with E-state index in [9.17, 15) is 0 Å². The quantitative estimate of drug-likeness (QED) is 0.737. The SMILES string of the molecule is CCN(CC)CCOc1cnc(CNC(C)C)cn1. The van der Waals surface area contributed by atoms with E-state index in [2.05, 4.69) is 47.9 Å². The fraction of sp³-hybridized carbons (Fsp3) is 0.714. The van der Waals surface area contributed by atoms with E-state index in [0.29, 0.717) is 18.5 Å². The summed E-state index contributed by atoms with van der Waals surface area (Å²) in [5.74, 6) is 0.598. The third kappa shape index (κ3) is 6.50. The van der Waals surface area contributed by atoms with Gasteiger partial charge in [-0.3, -0.25) is 4.98 Å². The predicted molar refractivity (Wildman–Crippen MR) is 77.3 cm³/mol. The molecule has 0 radical (unpaired) electrons. The summed E-state index contributed by atoms with van der Waals surface area (Å²) in [5, 5.41) is 3.30. The molecule has 0 spiro atoms. The molecule has 0 amide bonds. The maximum absolute atomic E-state index is 5.59. The molecule has 1 aromatic heterocycles. The van der Waals surface area contributed by atoms with Crippen LogP contribution in [0.3, 0.4) is 0 Å². The van der Waals surface area contributed by atoms with Crippen molar-refractivity contribution in [2.75, 3.05) is 26.2 Å². The van der Waals surface area contributed by atoms with Crippen LogP contribution in [0.2, 0.25) is 0 Å². The van der Waals surface area contributed by atoms with Gasteiger partial charge >= 0.3 is 0 Å². The summed E-state index contributed by atoms with van der Waals surface area (Å²) < 4.78 is 5.59. The van der Waals surface area contributed by atoms with E-state index in [4.69, 9.17) is 4.74 Å². The number of likely N-dealkylation sites (N-methyl/N-ethyl adjacent to an activating group) is 1. The Morgan fingerprint density at radius 1 is 1.21 bits per heavy atom. The summed E-state index contributed by atoms with van der Waals surface area (Å²) in [6.07, 6.45) is 3.46. The van der Waals surface area contributed by atoms with E-state index in [0.717, 1.165) is 31.9 Å². The largest absolute Gasteiger partial charge is 0.475 e. The molecule has 0 fully saturated rings. The van der Waals surface area contributed by atoms with E-state index in [1.54, 1.807) is 12.4 Å². The Balaban J connectivity index is 2.31. The lowest BCUT2D eigenvalue weighted by Crippen LogP contribution is -2.28. The third-order valence-electron chi connectivity index (χ3n) is 2.92. The van der Waals surface area contributed by atoms with Crippen molar-refractivity contribution in [1.82, 2.24) is 20.2 Å². The van der Waals surface area contributed by atoms with E-state index in [-0.39, 0.29) is 0 Å². The maximum atomic E-state index is 5.59. The number of nitrogens with one attached hydrogen (secondary N) is 1. The molecule has 1 N–H and O–H groups in total. The Morgan fingerprint density at radius 2 is 1.95 bits per heavy atom. The van der Waals surface area contributed by atoms with Crippen molar-refractivity contribution in [3.8, 4) is 5.88 Å². The standard InChI is InChI=1S/C14H26N4O/c1-5-18(6-2)7-8-19-14-11-16-13(10-17-14)9-15-12(3)4/h10-12,15H,5-9H2,1-4H3. The molecule has 0 saturated heterocycles. The zero-order valence-electron chi connectivity index (χ0n) is 12.5. The highest BCUT2D eigenvalue weighted by Crippen LogP contribution is 2.04. The van der Waals surface area contributed by atoms with Crippen molar-refractivity contribution in [2.24, 2.45) is 0 Å². The van der Waals surface area contributed by atoms with Gasteiger partial charge in [-0.2, -0.15) is 0 Å². The molecule has 19 heavy (non-hydrogen) atoms. The first kappa shape index (κ1) is 15.9. The minimum absolute atomic E-state index is 0.451. The smallest absolute Gasteiger partial charge is 0.232 e. The number of hydrogen-bond acceptors (Lipinski definition) is 5. The van der Waals surface area contributed by atoms with Gasteiger partial charge in [-0.05, 0) is 13.1 Å². The van der Waals surface area contributed by atoms with Gasteiger partial charge < -0.3 is 15.0 Å². The molecule has 1 aromatic rings. The average molecular weight is 266 g/mol. The maximum Gasteiger partial charge on any atom is 0.232 e. The lowest BCUT2D eigenvalue weighted by atomic mass is 10.3. The third-order valence-corrected chi connectivity index (χ3v) is 2.92. The molecule has 0 saturated carbocycles. The van der Waals surface area contributed by atoms with Gasteiger partial charge in [0, 0.05) is 19.1 Å². The lowest BCUT2D eigenvalue weighted by molar-refractivity contribution is 0.217. The molecule has 0 aliphatic carbocycles. The van der Waals surface area contributed by atoms with Gasteiger partial charge in [-0.25, -0.2) is 4.98 Å². The minimum Gasteiger partial charge on any atom is -0.475 e. The Bertz CT molecular complexity index is 336. The van der Waals surface area contributed by atoms with Crippen molar-refractivity contribution in [2.45, 2.75) is 40.3 Å². The zero-order chi connectivity index (χ0) is 14.1. The van der Waals surface area contributed by atoms with Crippen LogP contribution in [0, 0.1) is 0 Å². The van der Waals surface area contributed by atoms with Crippen molar-refractivity contribution in [1.29, 1.82) is 0 Å². The second-order valence-electron chi connectivity index (χ2n) is 4.76. The molecule has 1 heterocycles. The Kier molecular flexibility index (Phi) is 7.36. The van der Waals surface area contributed by atoms with Gasteiger partial charge in [-0.15, -0.1) is 0 Å². The van der Waals surface area contributed by atoms with Crippen LogP contribution in [0.25, 0.3) is 0 Å². The molecule has 0 aromatic carbocycles. The van der Waals surface area contributed by atoms with Gasteiger partial charge in [0.05, 0.1) is 18.1 Å². The predicted octanol–water partition coefficient (Wildman–Crippen LogP) is 1.70. The van der Waals surface area contributed by atoms with E-state index in [1.807, 2.05) is 0 Å². The highest BCUT2D eigenvalue weighted by molar-refractivity contribution is 5.07. The van der Waals surface area contributed by atoms with Gasteiger partial charge in [0.2, 0.25) is 5.88 Å². The van der Waals surface area contributed by atoms with Crippen LogP contribution in [0.5, 0.6) is 5.88 Å². The molecule has 5 heteroatoms. The summed E-state index contributed by atoms with van der Waals surface area (Å²) in [7, 11) is 0. The van der Waals surface area contributed by atoms with Crippen molar-refractivity contribution in [3.63, 3.8) is 0 Å². The second-order valence-corrected chi connectivity index (χ2v) is 4.76. The van der Waals surface area contributed by atoms with Crippen LogP contribution in [-0.4, -0.2) is 47.2 Å². The Morgan fingerprint density at radius 3 is 2.47 bits per heavy atom. The normalized spacial score (nSPS) is 11.3. The molecule has 0 aliphatic rings. The molecule has 0 bridgehead atoms. The number of rotatable bonds is 9. The van der Waals surface area contributed by atoms with Crippen LogP contribution in [0.1, 0.15) is 33.4 Å². The van der Waals surface area contributed by atoms with Gasteiger partial charge in [0.25, 0.3) is 0 Å². The summed E-state index contributed by atoms with van der Waals surface area (Å²) >= 11 is 0. The molecule has 5 nitrogen and oxygen atoms in total.